The molecule has 0 aromatic heterocycles. The predicted molar refractivity (Wildman–Crippen MR) is 56.8 cm³/mol. The third-order valence-corrected chi connectivity index (χ3v) is 1.57. The number of allylic oxidation sites excluding steroid dienone is 2. The molecular weight excluding hydrogens is 234 g/mol. The number of hydrogen-bond donors (Lipinski definition) is 0. The highest BCUT2D eigenvalue weighted by Gasteiger charge is 1.99. The van der Waals surface area contributed by atoms with Crippen molar-refractivity contribution in [3.63, 3.8) is 0 Å². The van der Waals surface area contributed by atoms with Crippen molar-refractivity contribution in [1.82, 2.24) is 4.90 Å². The Kier molecular flexibility index (Phi) is 6.32. The zero-order valence-corrected chi connectivity index (χ0v) is 9.32. The number of carbonyl (C=O) groups is 1. The molecule has 0 fully saturated rings. The van der Waals surface area contributed by atoms with Crippen LogP contribution in [-0.2, 0) is 9.53 Å². The van der Waals surface area contributed by atoms with E-state index in [2.05, 4.69) is 11.0 Å². The van der Waals surface area contributed by atoms with E-state index in [1.807, 2.05) is 18.4 Å². The molecule has 0 radical (unpaired) electrons. The summed E-state index contributed by atoms with van der Waals surface area (Å²) < 4.78 is 4.81. The number of carbonyl (C=O) groups excluding carboxylic acids is 1. The Morgan fingerprint density at radius 3 is 2.85 bits per heavy atom. The number of esters is 1. The molecular formula is C9H14BrNO2. The number of ether oxygens (including phenoxy) is 1. The van der Waals surface area contributed by atoms with Crippen molar-refractivity contribution >= 4 is 23.0 Å². The molecule has 0 amide bonds. The summed E-state index contributed by atoms with van der Waals surface area (Å²) in [7, 11) is 0. The Morgan fingerprint density at radius 1 is 1.54 bits per heavy atom. The third-order valence-electron chi connectivity index (χ3n) is 1.57. The molecule has 0 aromatic carbocycles. The van der Waals surface area contributed by atoms with Gasteiger partial charge in [-0.2, -0.15) is 0 Å². The Bertz CT molecular complexity index is 214. The van der Waals surface area contributed by atoms with Crippen molar-refractivity contribution in [3.05, 3.63) is 24.4 Å². The van der Waals surface area contributed by atoms with Crippen molar-refractivity contribution in [2.75, 3.05) is 19.7 Å². The maximum atomic E-state index is 10.4. The molecule has 3 nitrogen and oxygen atoms in total. The van der Waals surface area contributed by atoms with Crippen molar-refractivity contribution in [1.29, 1.82) is 0 Å². The summed E-state index contributed by atoms with van der Waals surface area (Å²) in [6, 6.07) is 0. The van der Waals surface area contributed by atoms with Crippen molar-refractivity contribution < 1.29 is 9.53 Å². The minimum atomic E-state index is -0.216. The molecule has 0 unspecified atom stereocenters. The smallest absolute Gasteiger partial charge is 0.302 e. The van der Waals surface area contributed by atoms with E-state index in [-0.39, 0.29) is 23.0 Å². The van der Waals surface area contributed by atoms with Gasteiger partial charge < -0.3 is 9.64 Å². The standard InChI is InChI=1S/C9H13NO2.BrH/c1-9(11)12-8-7-10-5-3-2-4-6-10;/h2-5H,6-8H2,1H3;1H. The summed E-state index contributed by atoms with van der Waals surface area (Å²) in [5, 5.41) is 0. The van der Waals surface area contributed by atoms with E-state index in [1.165, 1.54) is 6.92 Å². The first-order valence-electron chi connectivity index (χ1n) is 4.00. The second kappa shape index (κ2) is 6.71. The van der Waals surface area contributed by atoms with Crippen LogP contribution >= 0.6 is 17.0 Å². The summed E-state index contributed by atoms with van der Waals surface area (Å²) in [5.41, 5.74) is 0. The van der Waals surface area contributed by atoms with Crippen LogP contribution in [-0.4, -0.2) is 30.6 Å². The van der Waals surface area contributed by atoms with Gasteiger partial charge in [-0.05, 0) is 12.3 Å². The van der Waals surface area contributed by atoms with E-state index in [9.17, 15) is 4.79 Å². The highest BCUT2D eigenvalue weighted by Crippen LogP contribution is 1.97. The Hall–Kier alpha value is -0.770. The van der Waals surface area contributed by atoms with E-state index >= 15 is 0 Å². The number of rotatable bonds is 3. The van der Waals surface area contributed by atoms with Gasteiger partial charge in [0.05, 0.1) is 6.54 Å². The van der Waals surface area contributed by atoms with Gasteiger partial charge in [-0.3, -0.25) is 4.79 Å². The summed E-state index contributed by atoms with van der Waals surface area (Å²) >= 11 is 0. The summed E-state index contributed by atoms with van der Waals surface area (Å²) in [6.07, 6.45) is 8.02. The molecule has 4 heteroatoms. The summed E-state index contributed by atoms with van der Waals surface area (Å²) in [5.74, 6) is -0.216. The molecule has 1 aliphatic rings. The fourth-order valence-corrected chi connectivity index (χ4v) is 0.980. The van der Waals surface area contributed by atoms with E-state index in [1.54, 1.807) is 0 Å². The lowest BCUT2D eigenvalue weighted by Crippen LogP contribution is -2.24. The van der Waals surface area contributed by atoms with Crippen LogP contribution in [0.3, 0.4) is 0 Å². The zero-order valence-electron chi connectivity index (χ0n) is 7.60. The van der Waals surface area contributed by atoms with E-state index < -0.39 is 0 Å². The molecule has 0 N–H and O–H groups in total. The lowest BCUT2D eigenvalue weighted by atomic mass is 10.3. The average molecular weight is 248 g/mol. The van der Waals surface area contributed by atoms with Gasteiger partial charge in [-0.1, -0.05) is 12.2 Å². The van der Waals surface area contributed by atoms with Crippen molar-refractivity contribution in [2.45, 2.75) is 6.92 Å². The maximum Gasteiger partial charge on any atom is 0.302 e. The van der Waals surface area contributed by atoms with Crippen LogP contribution in [0.15, 0.2) is 24.4 Å². The normalized spacial score (nSPS) is 13.8. The molecule has 13 heavy (non-hydrogen) atoms. The van der Waals surface area contributed by atoms with Gasteiger partial charge >= 0.3 is 5.97 Å². The van der Waals surface area contributed by atoms with Gasteiger partial charge in [0.15, 0.2) is 0 Å². The number of halogens is 1. The zero-order chi connectivity index (χ0) is 8.81. The monoisotopic (exact) mass is 247 g/mol. The average Bonchev–Trinajstić information content (AvgIpc) is 2.05. The minimum absolute atomic E-state index is 0. The summed E-state index contributed by atoms with van der Waals surface area (Å²) in [4.78, 5) is 12.5. The predicted octanol–water partition coefficient (Wildman–Crippen LogP) is 1.51. The molecule has 0 bridgehead atoms. The fraction of sp³-hybridized carbons (Fsp3) is 0.444. The first-order chi connectivity index (χ1) is 5.79. The minimum Gasteiger partial charge on any atom is -0.464 e. The van der Waals surface area contributed by atoms with Gasteiger partial charge in [0.25, 0.3) is 0 Å². The van der Waals surface area contributed by atoms with Crippen LogP contribution < -0.4 is 0 Å². The topological polar surface area (TPSA) is 29.5 Å². The molecule has 0 aromatic rings. The summed E-state index contributed by atoms with van der Waals surface area (Å²) in [6.45, 7) is 3.55. The first kappa shape index (κ1) is 12.2. The first-order valence-corrected chi connectivity index (χ1v) is 4.00. The second-order valence-electron chi connectivity index (χ2n) is 2.60. The molecule has 0 spiro atoms. The molecule has 0 aliphatic carbocycles. The highest BCUT2D eigenvalue weighted by atomic mass is 79.9. The van der Waals surface area contributed by atoms with Crippen molar-refractivity contribution in [3.8, 4) is 0 Å². The van der Waals surface area contributed by atoms with Crippen molar-refractivity contribution in [2.24, 2.45) is 0 Å². The van der Waals surface area contributed by atoms with Crippen LogP contribution in [0.5, 0.6) is 0 Å². The third kappa shape index (κ3) is 5.47. The molecule has 1 heterocycles. The van der Waals surface area contributed by atoms with Gasteiger partial charge in [-0.25, -0.2) is 0 Å². The number of nitrogens with zero attached hydrogens (tertiary/aromatic N) is 1. The molecule has 0 atom stereocenters. The highest BCUT2D eigenvalue weighted by molar-refractivity contribution is 8.93. The molecule has 74 valence electrons. The van der Waals surface area contributed by atoms with Gasteiger partial charge in [0.1, 0.15) is 6.61 Å². The van der Waals surface area contributed by atoms with E-state index in [0.717, 1.165) is 13.1 Å². The maximum absolute atomic E-state index is 10.4. The van der Waals surface area contributed by atoms with Gasteiger partial charge in [-0.15, -0.1) is 17.0 Å². The number of hydrogen-bond acceptors (Lipinski definition) is 3. The Morgan fingerprint density at radius 2 is 2.31 bits per heavy atom. The van der Waals surface area contributed by atoms with Gasteiger partial charge in [0.2, 0.25) is 0 Å². The molecule has 0 saturated heterocycles. The molecule has 0 saturated carbocycles. The van der Waals surface area contributed by atoms with Gasteiger partial charge in [0, 0.05) is 13.5 Å². The molecule has 1 aliphatic heterocycles. The van der Waals surface area contributed by atoms with Crippen LogP contribution in [0.4, 0.5) is 0 Å². The van der Waals surface area contributed by atoms with Crippen LogP contribution in [0.1, 0.15) is 6.92 Å². The molecule has 1 rings (SSSR count). The second-order valence-corrected chi connectivity index (χ2v) is 2.60. The SMILES string of the molecule is Br.CC(=O)OCCN1C=CC=CC1. The quantitative estimate of drug-likeness (QED) is 0.709. The lowest BCUT2D eigenvalue weighted by molar-refractivity contribution is -0.141. The Balaban J connectivity index is 0.00000144. The lowest BCUT2D eigenvalue weighted by Gasteiger charge is -2.19. The largest absolute Gasteiger partial charge is 0.464 e. The van der Waals surface area contributed by atoms with E-state index in [4.69, 9.17) is 4.74 Å². The van der Waals surface area contributed by atoms with Crippen LogP contribution in [0, 0.1) is 0 Å². The van der Waals surface area contributed by atoms with E-state index in [0.29, 0.717) is 6.61 Å². The Labute approximate surface area is 88.8 Å². The van der Waals surface area contributed by atoms with Crippen LogP contribution in [0.2, 0.25) is 0 Å². The van der Waals surface area contributed by atoms with Crippen LogP contribution in [0.25, 0.3) is 0 Å². The fourth-order valence-electron chi connectivity index (χ4n) is 0.980.